The summed E-state index contributed by atoms with van der Waals surface area (Å²) in [6.45, 7) is 9.12. The molecule has 1 aromatic carbocycles. The minimum Gasteiger partial charge on any atom is -0.396 e. The number of ether oxygens (including phenoxy) is 2. The van der Waals surface area contributed by atoms with Gasteiger partial charge < -0.3 is 25.2 Å². The first-order chi connectivity index (χ1) is 14.7. The molecule has 176 valence electrons. The van der Waals surface area contributed by atoms with Crippen molar-refractivity contribution in [3.63, 3.8) is 0 Å². The molecule has 0 aliphatic carbocycles. The number of halogens is 2. The van der Waals surface area contributed by atoms with Crippen LogP contribution < -0.4 is 10.6 Å². The smallest absolute Gasteiger partial charge is 0.191 e. The Bertz CT molecular complexity index is 665. The third kappa shape index (κ3) is 8.01. The lowest BCUT2D eigenvalue weighted by molar-refractivity contribution is 0.0170. The molecule has 2 aliphatic heterocycles. The molecule has 3 rings (SSSR count). The molecule has 1 aromatic rings. The predicted octanol–water partition coefficient (Wildman–Crippen LogP) is 2.68. The summed E-state index contributed by atoms with van der Waals surface area (Å²) >= 11 is 6.11. The molecule has 3 N–H and O–H groups in total. The van der Waals surface area contributed by atoms with Gasteiger partial charge in [-0.05, 0) is 37.5 Å². The Labute approximate surface area is 207 Å². The molecule has 0 aromatic heterocycles. The fraction of sp³-hybridized carbons (Fsp3) is 0.682. The highest BCUT2D eigenvalue weighted by molar-refractivity contribution is 14.0. The Balaban J connectivity index is 0.00000341. The van der Waals surface area contributed by atoms with Gasteiger partial charge in [0.1, 0.15) is 0 Å². The molecule has 0 saturated carbocycles. The normalized spacial score (nSPS) is 23.3. The summed E-state index contributed by atoms with van der Waals surface area (Å²) < 4.78 is 11.1. The number of hydrogen-bond donors (Lipinski definition) is 3. The van der Waals surface area contributed by atoms with Gasteiger partial charge in [0.15, 0.2) is 5.96 Å². The molecule has 0 spiro atoms. The molecule has 2 heterocycles. The zero-order chi connectivity index (χ0) is 21.2. The summed E-state index contributed by atoms with van der Waals surface area (Å²) in [5.41, 5.74) is 1.17. The van der Waals surface area contributed by atoms with Crippen LogP contribution in [0.4, 0.5) is 0 Å². The third-order valence-corrected chi connectivity index (χ3v) is 6.20. The van der Waals surface area contributed by atoms with E-state index in [2.05, 4.69) is 34.6 Å². The van der Waals surface area contributed by atoms with Gasteiger partial charge in [-0.3, -0.25) is 9.89 Å². The zero-order valence-corrected chi connectivity index (χ0v) is 21.4. The number of aliphatic imine (C=N–C) groups is 1. The van der Waals surface area contributed by atoms with Crippen LogP contribution >= 0.6 is 35.6 Å². The predicted molar refractivity (Wildman–Crippen MR) is 136 cm³/mol. The van der Waals surface area contributed by atoms with Crippen molar-refractivity contribution in [1.82, 2.24) is 15.5 Å². The summed E-state index contributed by atoms with van der Waals surface area (Å²) in [5, 5.41) is 17.1. The number of aliphatic hydroxyl groups is 1. The van der Waals surface area contributed by atoms with Crippen LogP contribution in [0, 0.1) is 5.41 Å². The van der Waals surface area contributed by atoms with E-state index in [-0.39, 0.29) is 42.0 Å². The summed E-state index contributed by atoms with van der Waals surface area (Å²) in [4.78, 5) is 7.30. The molecular formula is C22H36ClIN4O3. The van der Waals surface area contributed by atoms with E-state index < -0.39 is 0 Å². The van der Waals surface area contributed by atoms with Gasteiger partial charge in [-0.15, -0.1) is 24.0 Å². The number of aliphatic hydroxyl groups excluding tert-OH is 1. The van der Waals surface area contributed by atoms with E-state index >= 15 is 0 Å². The second-order valence-electron chi connectivity index (χ2n) is 8.07. The van der Waals surface area contributed by atoms with Crippen molar-refractivity contribution in [3.05, 3.63) is 34.9 Å². The van der Waals surface area contributed by atoms with E-state index in [9.17, 15) is 5.11 Å². The Morgan fingerprint density at radius 2 is 1.94 bits per heavy atom. The Morgan fingerprint density at radius 1 is 1.19 bits per heavy atom. The van der Waals surface area contributed by atoms with Crippen molar-refractivity contribution in [2.24, 2.45) is 10.4 Å². The first-order valence-electron chi connectivity index (χ1n) is 10.9. The molecule has 2 atom stereocenters. The number of nitrogens with zero attached hydrogens (tertiary/aromatic N) is 2. The van der Waals surface area contributed by atoms with Crippen LogP contribution in [0.1, 0.15) is 31.4 Å². The van der Waals surface area contributed by atoms with Crippen LogP contribution in [0.3, 0.4) is 0 Å². The van der Waals surface area contributed by atoms with Gasteiger partial charge in [-0.1, -0.05) is 23.7 Å². The third-order valence-electron chi connectivity index (χ3n) is 5.95. The zero-order valence-electron chi connectivity index (χ0n) is 18.3. The quantitative estimate of drug-likeness (QED) is 0.242. The molecule has 2 saturated heterocycles. The maximum absolute atomic E-state index is 9.47. The van der Waals surface area contributed by atoms with E-state index in [1.165, 1.54) is 5.56 Å². The average Bonchev–Trinajstić information content (AvgIpc) is 3.23. The lowest BCUT2D eigenvalue weighted by Crippen LogP contribution is -2.46. The summed E-state index contributed by atoms with van der Waals surface area (Å²) in [7, 11) is 0. The van der Waals surface area contributed by atoms with Crippen molar-refractivity contribution in [1.29, 1.82) is 0 Å². The highest BCUT2D eigenvalue weighted by atomic mass is 127. The van der Waals surface area contributed by atoms with Crippen molar-refractivity contribution < 1.29 is 14.6 Å². The van der Waals surface area contributed by atoms with Gasteiger partial charge in [-0.25, -0.2) is 0 Å². The Hall–Kier alpha value is -0.650. The lowest BCUT2D eigenvalue weighted by Gasteiger charge is -2.35. The largest absolute Gasteiger partial charge is 0.396 e. The number of nitrogens with one attached hydrogen (secondary N) is 2. The molecular weight excluding hydrogens is 531 g/mol. The van der Waals surface area contributed by atoms with Crippen LogP contribution in [-0.2, 0) is 9.47 Å². The van der Waals surface area contributed by atoms with E-state index in [0.29, 0.717) is 13.2 Å². The number of rotatable bonds is 9. The minimum absolute atomic E-state index is 0. The van der Waals surface area contributed by atoms with Gasteiger partial charge in [0.25, 0.3) is 0 Å². The second-order valence-corrected chi connectivity index (χ2v) is 8.50. The maximum Gasteiger partial charge on any atom is 0.191 e. The monoisotopic (exact) mass is 566 g/mol. The summed E-state index contributed by atoms with van der Waals surface area (Å²) in [6.07, 6.45) is 1.66. The molecule has 7 nitrogen and oxygen atoms in total. The van der Waals surface area contributed by atoms with E-state index in [4.69, 9.17) is 26.1 Å². The van der Waals surface area contributed by atoms with Gasteiger partial charge in [0.2, 0.25) is 0 Å². The molecule has 2 unspecified atom stereocenters. The molecule has 0 bridgehead atoms. The van der Waals surface area contributed by atoms with Gasteiger partial charge >= 0.3 is 0 Å². The number of guanidine groups is 1. The van der Waals surface area contributed by atoms with E-state index in [1.54, 1.807) is 0 Å². The van der Waals surface area contributed by atoms with Crippen molar-refractivity contribution >= 4 is 41.5 Å². The second kappa shape index (κ2) is 13.8. The average molecular weight is 567 g/mol. The highest BCUT2D eigenvalue weighted by Crippen LogP contribution is 2.32. The lowest BCUT2D eigenvalue weighted by atomic mass is 9.84. The fourth-order valence-corrected chi connectivity index (χ4v) is 4.23. The van der Waals surface area contributed by atoms with Crippen LogP contribution in [-0.4, -0.2) is 81.7 Å². The van der Waals surface area contributed by atoms with Crippen LogP contribution in [0.2, 0.25) is 5.02 Å². The fourth-order valence-electron chi connectivity index (χ4n) is 4.10. The SMILES string of the molecule is CCNC(=NCC1(CCO)CCOC1)NCC(c1ccc(Cl)cc1)N1CCOCC1.I. The molecule has 0 radical (unpaired) electrons. The van der Waals surface area contributed by atoms with Crippen LogP contribution in [0.25, 0.3) is 0 Å². The number of hydrogen-bond acceptors (Lipinski definition) is 5. The summed E-state index contributed by atoms with van der Waals surface area (Å²) in [5.74, 6) is 0.800. The van der Waals surface area contributed by atoms with Crippen molar-refractivity contribution in [2.75, 3.05) is 65.8 Å². The Kier molecular flexibility index (Phi) is 11.8. The van der Waals surface area contributed by atoms with Gasteiger partial charge in [-0.2, -0.15) is 0 Å². The van der Waals surface area contributed by atoms with Crippen LogP contribution in [0.5, 0.6) is 0 Å². The number of benzene rings is 1. The minimum atomic E-state index is -0.0586. The van der Waals surface area contributed by atoms with Gasteiger partial charge in [0.05, 0.1) is 32.4 Å². The van der Waals surface area contributed by atoms with E-state index in [1.807, 2.05) is 12.1 Å². The topological polar surface area (TPSA) is 78.4 Å². The standard InChI is InChI=1S/C22H35ClN4O3.HI/c1-2-24-21(26-16-22(7-11-28)8-12-30-17-22)25-15-20(27-9-13-29-14-10-27)18-3-5-19(23)6-4-18;/h3-6,20,28H,2,7-17H2,1H3,(H2,24,25,26);1H. The maximum atomic E-state index is 9.47. The van der Waals surface area contributed by atoms with Gasteiger partial charge in [0, 0.05) is 49.8 Å². The van der Waals surface area contributed by atoms with Crippen molar-refractivity contribution in [3.8, 4) is 0 Å². The molecule has 9 heteroatoms. The molecule has 2 aliphatic rings. The van der Waals surface area contributed by atoms with Crippen molar-refractivity contribution in [2.45, 2.75) is 25.8 Å². The first kappa shape index (κ1) is 26.6. The first-order valence-corrected chi connectivity index (χ1v) is 11.3. The molecule has 31 heavy (non-hydrogen) atoms. The Morgan fingerprint density at radius 3 is 2.55 bits per heavy atom. The highest BCUT2D eigenvalue weighted by Gasteiger charge is 2.34. The molecule has 2 fully saturated rings. The van der Waals surface area contributed by atoms with E-state index in [0.717, 1.165) is 69.8 Å². The summed E-state index contributed by atoms with van der Waals surface area (Å²) in [6, 6.07) is 8.29. The van der Waals surface area contributed by atoms with Crippen LogP contribution in [0.15, 0.2) is 29.3 Å². The molecule has 0 amide bonds. The number of morpholine rings is 1.